The molecule has 122 valence electrons. The summed E-state index contributed by atoms with van der Waals surface area (Å²) in [6.07, 6.45) is 3.07. The third kappa shape index (κ3) is 3.64. The van der Waals surface area contributed by atoms with Gasteiger partial charge in [-0.25, -0.2) is 0 Å². The van der Waals surface area contributed by atoms with Crippen molar-refractivity contribution in [2.24, 2.45) is 5.92 Å². The van der Waals surface area contributed by atoms with E-state index < -0.39 is 0 Å². The second kappa shape index (κ2) is 7.01. The van der Waals surface area contributed by atoms with Crippen molar-refractivity contribution in [2.75, 3.05) is 20.3 Å². The predicted molar refractivity (Wildman–Crippen MR) is 90.3 cm³/mol. The third-order valence-corrected chi connectivity index (χ3v) is 4.49. The van der Waals surface area contributed by atoms with E-state index in [-0.39, 0.29) is 5.91 Å². The van der Waals surface area contributed by atoms with Gasteiger partial charge in [-0.3, -0.25) is 4.79 Å². The first-order chi connectivity index (χ1) is 11.2. The quantitative estimate of drug-likeness (QED) is 0.869. The smallest absolute Gasteiger partial charge is 0.254 e. The number of hydrogen-bond acceptors (Lipinski definition) is 2. The van der Waals surface area contributed by atoms with Gasteiger partial charge in [-0.2, -0.15) is 0 Å². The lowest BCUT2D eigenvalue weighted by Crippen LogP contribution is -2.34. The highest BCUT2D eigenvalue weighted by Gasteiger charge is 2.25. The SMILES string of the molecule is COCC[C@@H]1CN(C(=O)c2cccc(C)c2)Cc2cccn2C1. The van der Waals surface area contributed by atoms with Gasteiger partial charge >= 0.3 is 0 Å². The predicted octanol–water partition coefficient (Wildman–Crippen LogP) is 3.11. The average Bonchev–Trinajstić information content (AvgIpc) is 2.90. The highest BCUT2D eigenvalue weighted by Crippen LogP contribution is 2.21. The van der Waals surface area contributed by atoms with Crippen molar-refractivity contribution < 1.29 is 9.53 Å². The molecule has 1 aromatic carbocycles. The summed E-state index contributed by atoms with van der Waals surface area (Å²) in [5.74, 6) is 0.531. The number of amides is 1. The van der Waals surface area contributed by atoms with Crippen molar-refractivity contribution in [1.82, 2.24) is 9.47 Å². The molecule has 1 amide bonds. The zero-order valence-corrected chi connectivity index (χ0v) is 13.9. The molecule has 0 N–H and O–H groups in total. The van der Waals surface area contributed by atoms with Crippen LogP contribution in [0.4, 0.5) is 0 Å². The van der Waals surface area contributed by atoms with Crippen LogP contribution in [-0.4, -0.2) is 35.6 Å². The molecule has 0 fully saturated rings. The highest BCUT2D eigenvalue weighted by molar-refractivity contribution is 5.94. The number of ether oxygens (including phenoxy) is 1. The van der Waals surface area contributed by atoms with Crippen LogP contribution in [0.3, 0.4) is 0 Å². The Bertz CT molecular complexity index is 678. The van der Waals surface area contributed by atoms with Gasteiger partial charge in [0.2, 0.25) is 0 Å². The number of fused-ring (bicyclic) bond motifs is 1. The van der Waals surface area contributed by atoms with E-state index in [2.05, 4.69) is 22.9 Å². The molecule has 0 saturated heterocycles. The van der Waals surface area contributed by atoms with E-state index in [1.807, 2.05) is 36.1 Å². The van der Waals surface area contributed by atoms with Gasteiger partial charge in [0.05, 0.1) is 6.54 Å². The maximum Gasteiger partial charge on any atom is 0.254 e. The summed E-state index contributed by atoms with van der Waals surface area (Å²) in [6, 6.07) is 12.0. The summed E-state index contributed by atoms with van der Waals surface area (Å²) in [5, 5.41) is 0. The molecule has 2 heterocycles. The van der Waals surface area contributed by atoms with Gasteiger partial charge in [0.1, 0.15) is 0 Å². The van der Waals surface area contributed by atoms with E-state index in [4.69, 9.17) is 4.74 Å². The Balaban J connectivity index is 1.83. The maximum absolute atomic E-state index is 12.9. The molecule has 4 nitrogen and oxygen atoms in total. The van der Waals surface area contributed by atoms with Crippen molar-refractivity contribution in [3.05, 3.63) is 59.4 Å². The summed E-state index contributed by atoms with van der Waals surface area (Å²) >= 11 is 0. The van der Waals surface area contributed by atoms with Gasteiger partial charge in [0.15, 0.2) is 0 Å². The van der Waals surface area contributed by atoms with E-state index in [1.165, 1.54) is 5.69 Å². The lowest BCUT2D eigenvalue weighted by molar-refractivity contribution is 0.0705. The Labute approximate surface area is 137 Å². The minimum atomic E-state index is 0.116. The van der Waals surface area contributed by atoms with Gasteiger partial charge in [-0.1, -0.05) is 17.7 Å². The average molecular weight is 312 g/mol. The molecule has 0 spiro atoms. The number of nitrogens with zero attached hydrogens (tertiary/aromatic N) is 2. The zero-order chi connectivity index (χ0) is 16.2. The number of benzene rings is 1. The van der Waals surface area contributed by atoms with E-state index in [1.54, 1.807) is 7.11 Å². The van der Waals surface area contributed by atoms with Crippen LogP contribution in [0.25, 0.3) is 0 Å². The molecule has 1 aliphatic heterocycles. The van der Waals surface area contributed by atoms with Crippen LogP contribution in [0, 0.1) is 12.8 Å². The van der Waals surface area contributed by atoms with Crippen LogP contribution in [0.1, 0.15) is 28.0 Å². The minimum Gasteiger partial charge on any atom is -0.385 e. The monoisotopic (exact) mass is 312 g/mol. The zero-order valence-electron chi connectivity index (χ0n) is 13.9. The number of aryl methyl sites for hydroxylation is 1. The van der Waals surface area contributed by atoms with E-state index in [0.29, 0.717) is 12.5 Å². The van der Waals surface area contributed by atoms with Gasteiger partial charge in [-0.15, -0.1) is 0 Å². The normalized spacial score (nSPS) is 17.7. The number of rotatable bonds is 4. The van der Waals surface area contributed by atoms with Gasteiger partial charge in [0.25, 0.3) is 5.91 Å². The number of hydrogen-bond donors (Lipinski definition) is 0. The summed E-state index contributed by atoms with van der Waals surface area (Å²) < 4.78 is 7.51. The number of methoxy groups -OCH3 is 1. The molecule has 0 saturated carbocycles. The van der Waals surface area contributed by atoms with Crippen LogP contribution in [0.15, 0.2) is 42.6 Å². The summed E-state index contributed by atoms with van der Waals surface area (Å²) in [4.78, 5) is 14.9. The molecule has 3 rings (SSSR count). The van der Waals surface area contributed by atoms with Crippen molar-refractivity contribution in [1.29, 1.82) is 0 Å². The second-order valence-electron chi connectivity index (χ2n) is 6.35. The lowest BCUT2D eigenvalue weighted by Gasteiger charge is -2.24. The van der Waals surface area contributed by atoms with Crippen LogP contribution >= 0.6 is 0 Å². The van der Waals surface area contributed by atoms with E-state index >= 15 is 0 Å². The number of aromatic nitrogens is 1. The van der Waals surface area contributed by atoms with Crippen LogP contribution in [-0.2, 0) is 17.8 Å². The minimum absolute atomic E-state index is 0.116. The molecule has 4 heteroatoms. The van der Waals surface area contributed by atoms with Crippen molar-refractivity contribution >= 4 is 5.91 Å². The Morgan fingerprint density at radius 1 is 1.26 bits per heavy atom. The second-order valence-corrected chi connectivity index (χ2v) is 6.35. The molecule has 1 atom stereocenters. The molecular formula is C19H24N2O2. The third-order valence-electron chi connectivity index (χ3n) is 4.49. The fourth-order valence-electron chi connectivity index (χ4n) is 3.26. The topological polar surface area (TPSA) is 34.5 Å². The molecule has 0 unspecified atom stereocenters. The molecule has 1 aliphatic rings. The molecule has 1 aromatic heterocycles. The fraction of sp³-hybridized carbons (Fsp3) is 0.421. The van der Waals surface area contributed by atoms with Crippen LogP contribution in [0.5, 0.6) is 0 Å². The molecule has 2 aromatic rings. The van der Waals surface area contributed by atoms with E-state index in [9.17, 15) is 4.79 Å². The van der Waals surface area contributed by atoms with Crippen LogP contribution in [0.2, 0.25) is 0 Å². The first-order valence-corrected chi connectivity index (χ1v) is 8.16. The molecule has 0 aliphatic carbocycles. The highest BCUT2D eigenvalue weighted by atomic mass is 16.5. The number of carbonyl (C=O) groups excluding carboxylic acids is 1. The summed E-state index contributed by atoms with van der Waals surface area (Å²) in [5.41, 5.74) is 3.09. The first-order valence-electron chi connectivity index (χ1n) is 8.16. The fourth-order valence-corrected chi connectivity index (χ4v) is 3.26. The summed E-state index contributed by atoms with van der Waals surface area (Å²) in [7, 11) is 1.73. The molecule has 23 heavy (non-hydrogen) atoms. The van der Waals surface area contributed by atoms with Gasteiger partial charge in [-0.05, 0) is 43.5 Å². The standard InChI is InChI=1S/C19H24N2O2/c1-15-5-3-6-17(11-15)19(22)21-13-16(8-10-23-2)12-20-9-4-7-18(20)14-21/h3-7,9,11,16H,8,10,12-14H2,1-2H3/t16-/m0/s1. The largest absolute Gasteiger partial charge is 0.385 e. The van der Waals surface area contributed by atoms with Crippen molar-refractivity contribution in [3.63, 3.8) is 0 Å². The maximum atomic E-state index is 12.9. The van der Waals surface area contributed by atoms with Crippen LogP contribution < -0.4 is 0 Å². The Hall–Kier alpha value is -2.07. The van der Waals surface area contributed by atoms with E-state index in [0.717, 1.165) is 37.2 Å². The first kappa shape index (κ1) is 15.8. The number of carbonyl (C=O) groups is 1. The Morgan fingerprint density at radius 2 is 2.13 bits per heavy atom. The molecular weight excluding hydrogens is 288 g/mol. The van der Waals surface area contributed by atoms with Crippen molar-refractivity contribution in [3.8, 4) is 0 Å². The van der Waals surface area contributed by atoms with Gasteiger partial charge < -0.3 is 14.2 Å². The summed E-state index contributed by atoms with van der Waals surface area (Å²) in [6.45, 7) is 5.14. The lowest BCUT2D eigenvalue weighted by atomic mass is 10.0. The molecule has 0 radical (unpaired) electrons. The van der Waals surface area contributed by atoms with Gasteiger partial charge in [0, 0.05) is 44.3 Å². The van der Waals surface area contributed by atoms with Crippen molar-refractivity contribution in [2.45, 2.75) is 26.4 Å². The molecule has 0 bridgehead atoms. The Morgan fingerprint density at radius 3 is 2.91 bits per heavy atom. The Kier molecular flexibility index (Phi) is 4.82.